The Morgan fingerprint density at radius 3 is 2.33 bits per heavy atom. The summed E-state index contributed by atoms with van der Waals surface area (Å²) in [5, 5.41) is 0. The van der Waals surface area contributed by atoms with E-state index in [9.17, 15) is 4.79 Å². The average molecular weight is 211 g/mol. The van der Waals surface area contributed by atoms with Crippen molar-refractivity contribution in [2.75, 3.05) is 6.54 Å². The Hall–Kier alpha value is -0.370. The van der Waals surface area contributed by atoms with Gasteiger partial charge in [0.2, 0.25) is 0 Å². The van der Waals surface area contributed by atoms with Crippen LogP contribution >= 0.6 is 0 Å². The minimum absolute atomic E-state index is 0.173. The van der Waals surface area contributed by atoms with Gasteiger partial charge in [0.25, 0.3) is 0 Å². The third kappa shape index (κ3) is 2.81. The van der Waals surface area contributed by atoms with E-state index in [4.69, 9.17) is 0 Å². The van der Waals surface area contributed by atoms with E-state index in [-0.39, 0.29) is 12.0 Å². The quantitative estimate of drug-likeness (QED) is 0.712. The van der Waals surface area contributed by atoms with E-state index in [0.717, 1.165) is 18.9 Å². The molecular formula is C13H25NO. The summed E-state index contributed by atoms with van der Waals surface area (Å²) in [4.78, 5) is 14.5. The molecule has 0 unspecified atom stereocenters. The summed E-state index contributed by atoms with van der Waals surface area (Å²) in [5.41, 5.74) is 0. The Morgan fingerprint density at radius 2 is 1.93 bits per heavy atom. The topological polar surface area (TPSA) is 20.3 Å². The van der Waals surface area contributed by atoms with Gasteiger partial charge in [-0.1, -0.05) is 27.2 Å². The molecule has 1 heterocycles. The van der Waals surface area contributed by atoms with Crippen LogP contribution in [0.2, 0.25) is 0 Å². The Kier molecular flexibility index (Phi) is 4.32. The molecule has 0 N–H and O–H groups in total. The number of carbonyl (C=O) groups excluding carboxylic acids is 1. The van der Waals surface area contributed by atoms with Crippen molar-refractivity contribution in [1.29, 1.82) is 0 Å². The van der Waals surface area contributed by atoms with Gasteiger partial charge in [0, 0.05) is 18.5 Å². The lowest BCUT2D eigenvalue weighted by molar-refractivity contribution is -0.126. The Balaban J connectivity index is 2.72. The second-order valence-corrected chi connectivity index (χ2v) is 5.37. The maximum atomic E-state index is 12.1. The molecule has 0 amide bonds. The number of hydrogen-bond donors (Lipinski definition) is 0. The average Bonchev–Trinajstić information content (AvgIpc) is 2.60. The molecule has 1 saturated heterocycles. The molecule has 1 aliphatic heterocycles. The molecule has 2 heteroatoms. The van der Waals surface area contributed by atoms with Gasteiger partial charge < -0.3 is 0 Å². The molecule has 0 spiro atoms. The lowest BCUT2D eigenvalue weighted by Gasteiger charge is -2.28. The number of nitrogens with zero attached hydrogens (tertiary/aromatic N) is 1. The van der Waals surface area contributed by atoms with Gasteiger partial charge in [-0.2, -0.15) is 0 Å². The predicted molar refractivity (Wildman–Crippen MR) is 63.9 cm³/mol. The molecule has 0 aliphatic carbocycles. The number of Topliss-reactive ketones (excluding diaryl/α,β-unsaturated/α-hetero) is 1. The highest BCUT2D eigenvalue weighted by Gasteiger charge is 2.37. The zero-order chi connectivity index (χ0) is 11.6. The van der Waals surface area contributed by atoms with Gasteiger partial charge in [-0.25, -0.2) is 0 Å². The molecule has 0 radical (unpaired) electrons. The van der Waals surface area contributed by atoms with E-state index in [2.05, 4.69) is 25.7 Å². The van der Waals surface area contributed by atoms with Crippen LogP contribution in [0.1, 0.15) is 47.5 Å². The van der Waals surface area contributed by atoms with Crippen molar-refractivity contribution in [3.63, 3.8) is 0 Å². The van der Waals surface area contributed by atoms with E-state index in [1.165, 1.54) is 6.42 Å². The minimum atomic E-state index is 0.173. The molecule has 15 heavy (non-hydrogen) atoms. The lowest BCUT2D eigenvalue weighted by atomic mass is 9.95. The SMILES string of the molecule is CC[C@@H]1C[C@@H](C(=O)C(C)C)N(C(C)C)C1. The van der Waals surface area contributed by atoms with Crippen LogP contribution in [0.4, 0.5) is 0 Å². The first-order chi connectivity index (χ1) is 6.97. The first-order valence-electron chi connectivity index (χ1n) is 6.26. The first kappa shape index (κ1) is 12.7. The normalized spacial score (nSPS) is 27.9. The summed E-state index contributed by atoms with van der Waals surface area (Å²) in [6.45, 7) is 11.8. The minimum Gasteiger partial charge on any atom is -0.298 e. The maximum absolute atomic E-state index is 12.1. The van der Waals surface area contributed by atoms with Gasteiger partial charge in [-0.15, -0.1) is 0 Å². The number of carbonyl (C=O) groups is 1. The molecule has 1 fully saturated rings. The van der Waals surface area contributed by atoms with Crippen LogP contribution in [0.25, 0.3) is 0 Å². The molecular weight excluding hydrogens is 186 g/mol. The molecule has 88 valence electrons. The standard InChI is InChI=1S/C13H25NO/c1-6-11-7-12(13(15)9(2)3)14(8-11)10(4)5/h9-12H,6-8H2,1-5H3/t11-,12+/m1/s1. The van der Waals surface area contributed by atoms with Gasteiger partial charge in [0.05, 0.1) is 6.04 Å². The zero-order valence-corrected chi connectivity index (χ0v) is 10.8. The molecule has 0 aromatic rings. The van der Waals surface area contributed by atoms with Crippen molar-refractivity contribution in [1.82, 2.24) is 4.90 Å². The fourth-order valence-corrected chi connectivity index (χ4v) is 2.48. The number of ketones is 1. The van der Waals surface area contributed by atoms with Crippen molar-refractivity contribution in [3.8, 4) is 0 Å². The summed E-state index contributed by atoms with van der Waals surface area (Å²) in [6, 6.07) is 0.684. The molecule has 1 rings (SSSR count). The van der Waals surface area contributed by atoms with Crippen molar-refractivity contribution >= 4 is 5.78 Å². The second kappa shape index (κ2) is 5.11. The third-order valence-corrected chi connectivity index (χ3v) is 3.56. The first-order valence-corrected chi connectivity index (χ1v) is 6.26. The van der Waals surface area contributed by atoms with E-state index < -0.39 is 0 Å². The molecule has 0 aromatic heterocycles. The molecule has 0 aromatic carbocycles. The van der Waals surface area contributed by atoms with Gasteiger partial charge in [-0.3, -0.25) is 9.69 Å². The highest BCUT2D eigenvalue weighted by Crippen LogP contribution is 2.29. The summed E-state index contributed by atoms with van der Waals surface area (Å²) < 4.78 is 0. The predicted octanol–water partition coefficient (Wildman–Crippen LogP) is 2.72. The Morgan fingerprint density at radius 1 is 1.33 bits per heavy atom. The molecule has 1 aliphatic rings. The van der Waals surface area contributed by atoms with E-state index in [1.54, 1.807) is 0 Å². The summed E-state index contributed by atoms with van der Waals surface area (Å²) >= 11 is 0. The molecule has 2 nitrogen and oxygen atoms in total. The van der Waals surface area contributed by atoms with Crippen LogP contribution in [0, 0.1) is 11.8 Å². The van der Waals surface area contributed by atoms with Crippen LogP contribution in [0.15, 0.2) is 0 Å². The smallest absolute Gasteiger partial charge is 0.152 e. The van der Waals surface area contributed by atoms with Crippen LogP contribution < -0.4 is 0 Å². The third-order valence-electron chi connectivity index (χ3n) is 3.56. The second-order valence-electron chi connectivity index (χ2n) is 5.37. The van der Waals surface area contributed by atoms with Crippen molar-refractivity contribution < 1.29 is 4.79 Å². The van der Waals surface area contributed by atoms with Gasteiger partial charge in [-0.05, 0) is 26.2 Å². The number of likely N-dealkylation sites (tertiary alicyclic amines) is 1. The van der Waals surface area contributed by atoms with E-state index in [1.807, 2.05) is 13.8 Å². The molecule has 0 bridgehead atoms. The summed E-state index contributed by atoms with van der Waals surface area (Å²) in [6.07, 6.45) is 2.27. The van der Waals surface area contributed by atoms with Gasteiger partial charge >= 0.3 is 0 Å². The zero-order valence-electron chi connectivity index (χ0n) is 10.8. The number of rotatable bonds is 4. The van der Waals surface area contributed by atoms with Crippen LogP contribution in [-0.2, 0) is 4.79 Å². The van der Waals surface area contributed by atoms with Crippen LogP contribution in [-0.4, -0.2) is 29.3 Å². The lowest BCUT2D eigenvalue weighted by Crippen LogP contribution is -2.42. The fourth-order valence-electron chi connectivity index (χ4n) is 2.48. The summed E-state index contributed by atoms with van der Waals surface area (Å²) in [5.74, 6) is 1.33. The van der Waals surface area contributed by atoms with E-state index >= 15 is 0 Å². The highest BCUT2D eigenvalue weighted by atomic mass is 16.1. The van der Waals surface area contributed by atoms with Crippen molar-refractivity contribution in [2.45, 2.75) is 59.5 Å². The van der Waals surface area contributed by atoms with Gasteiger partial charge in [0.1, 0.15) is 0 Å². The van der Waals surface area contributed by atoms with Crippen LogP contribution in [0.5, 0.6) is 0 Å². The molecule has 0 saturated carbocycles. The van der Waals surface area contributed by atoms with Gasteiger partial charge in [0.15, 0.2) is 5.78 Å². The number of hydrogen-bond acceptors (Lipinski definition) is 2. The largest absolute Gasteiger partial charge is 0.298 e. The van der Waals surface area contributed by atoms with E-state index in [0.29, 0.717) is 11.8 Å². The van der Waals surface area contributed by atoms with Crippen molar-refractivity contribution in [2.24, 2.45) is 11.8 Å². The monoisotopic (exact) mass is 211 g/mol. The Labute approximate surface area is 94.0 Å². The fraction of sp³-hybridized carbons (Fsp3) is 0.923. The van der Waals surface area contributed by atoms with Crippen LogP contribution in [0.3, 0.4) is 0 Å². The van der Waals surface area contributed by atoms with Crippen molar-refractivity contribution in [3.05, 3.63) is 0 Å². The molecule has 2 atom stereocenters. The summed E-state index contributed by atoms with van der Waals surface area (Å²) in [7, 11) is 0. The Bertz CT molecular complexity index is 223. The maximum Gasteiger partial charge on any atom is 0.152 e. The highest BCUT2D eigenvalue weighted by molar-refractivity contribution is 5.86.